The Kier molecular flexibility index (Phi) is 4.63. The predicted octanol–water partition coefficient (Wildman–Crippen LogP) is 0.587. The van der Waals surface area contributed by atoms with E-state index in [1.54, 1.807) is 4.90 Å². The van der Waals surface area contributed by atoms with Gasteiger partial charge in [-0.2, -0.15) is 0 Å². The summed E-state index contributed by atoms with van der Waals surface area (Å²) in [5.74, 6) is -1.02. The van der Waals surface area contributed by atoms with Crippen molar-refractivity contribution in [1.82, 2.24) is 15.1 Å². The van der Waals surface area contributed by atoms with Gasteiger partial charge < -0.3 is 20.2 Å². The van der Waals surface area contributed by atoms with E-state index < -0.39 is 5.97 Å². The highest BCUT2D eigenvalue weighted by Crippen LogP contribution is 2.20. The van der Waals surface area contributed by atoms with Crippen molar-refractivity contribution in [2.24, 2.45) is 5.92 Å². The monoisotopic (exact) mass is 269 g/mol. The molecule has 6 heteroatoms. The normalized spacial score (nSPS) is 22.3. The Bertz CT molecular complexity index is 334. The number of hydrogen-bond acceptors (Lipinski definition) is 3. The molecule has 0 aromatic carbocycles. The Morgan fingerprint density at radius 1 is 1.16 bits per heavy atom. The van der Waals surface area contributed by atoms with Gasteiger partial charge in [0, 0.05) is 26.2 Å². The lowest BCUT2D eigenvalue weighted by Crippen LogP contribution is -2.51. The molecule has 2 aliphatic heterocycles. The highest BCUT2D eigenvalue weighted by molar-refractivity contribution is 5.75. The zero-order valence-electron chi connectivity index (χ0n) is 11.5. The number of nitrogens with one attached hydrogen (secondary N) is 1. The molecule has 0 atom stereocenters. The van der Waals surface area contributed by atoms with E-state index in [-0.39, 0.29) is 11.9 Å². The summed E-state index contributed by atoms with van der Waals surface area (Å²) in [6.45, 7) is 3.04. The van der Waals surface area contributed by atoms with Gasteiger partial charge in [0.2, 0.25) is 0 Å². The summed E-state index contributed by atoms with van der Waals surface area (Å²) in [6.07, 6.45) is 3.13. The van der Waals surface area contributed by atoms with Crippen LogP contribution in [0.5, 0.6) is 0 Å². The largest absolute Gasteiger partial charge is 0.481 e. The maximum absolute atomic E-state index is 12.4. The second-order valence-corrected chi connectivity index (χ2v) is 5.47. The molecule has 0 bridgehead atoms. The molecular formula is C13H23N3O3. The van der Waals surface area contributed by atoms with Gasteiger partial charge in [0.1, 0.15) is 0 Å². The molecule has 0 aromatic rings. The third-order valence-electron chi connectivity index (χ3n) is 4.27. The van der Waals surface area contributed by atoms with Gasteiger partial charge in [-0.15, -0.1) is 0 Å². The highest BCUT2D eigenvalue weighted by Gasteiger charge is 2.30. The molecule has 0 aliphatic carbocycles. The van der Waals surface area contributed by atoms with Crippen molar-refractivity contribution in [1.29, 1.82) is 0 Å². The third-order valence-corrected chi connectivity index (χ3v) is 4.27. The van der Waals surface area contributed by atoms with E-state index >= 15 is 0 Å². The van der Waals surface area contributed by atoms with Crippen molar-refractivity contribution in [3.8, 4) is 0 Å². The van der Waals surface area contributed by atoms with Gasteiger partial charge in [-0.1, -0.05) is 0 Å². The van der Waals surface area contributed by atoms with Crippen LogP contribution in [0.1, 0.15) is 25.7 Å². The lowest BCUT2D eigenvalue weighted by atomic mass is 9.97. The molecule has 2 N–H and O–H groups in total. The molecule has 108 valence electrons. The van der Waals surface area contributed by atoms with E-state index in [0.717, 1.165) is 25.9 Å². The average molecular weight is 269 g/mol. The van der Waals surface area contributed by atoms with Crippen LogP contribution in [-0.4, -0.2) is 66.2 Å². The van der Waals surface area contributed by atoms with Crippen LogP contribution < -0.4 is 5.32 Å². The van der Waals surface area contributed by atoms with E-state index in [4.69, 9.17) is 5.11 Å². The van der Waals surface area contributed by atoms with Crippen molar-refractivity contribution in [2.45, 2.75) is 31.7 Å². The van der Waals surface area contributed by atoms with Gasteiger partial charge in [0.25, 0.3) is 0 Å². The SMILES string of the molecule is CN(C(=O)N1CCC(C(=O)O)CC1)C1CCNCC1. The maximum Gasteiger partial charge on any atom is 0.319 e. The average Bonchev–Trinajstić information content (AvgIpc) is 2.46. The maximum atomic E-state index is 12.4. The van der Waals surface area contributed by atoms with Crippen LogP contribution in [0, 0.1) is 5.92 Å². The third kappa shape index (κ3) is 3.37. The molecule has 2 saturated heterocycles. The lowest BCUT2D eigenvalue weighted by molar-refractivity contribution is -0.143. The van der Waals surface area contributed by atoms with E-state index in [1.165, 1.54) is 0 Å². The molecule has 2 aliphatic rings. The van der Waals surface area contributed by atoms with Gasteiger partial charge in [0.15, 0.2) is 0 Å². The summed E-state index contributed by atoms with van der Waals surface area (Å²) < 4.78 is 0. The number of aliphatic carboxylic acids is 1. The minimum atomic E-state index is -0.737. The van der Waals surface area contributed by atoms with Crippen LogP contribution in [0.2, 0.25) is 0 Å². The Morgan fingerprint density at radius 3 is 2.26 bits per heavy atom. The van der Waals surface area contributed by atoms with Gasteiger partial charge in [-0.05, 0) is 38.8 Å². The Labute approximate surface area is 113 Å². The van der Waals surface area contributed by atoms with Crippen molar-refractivity contribution in [3.05, 3.63) is 0 Å². The highest BCUT2D eigenvalue weighted by atomic mass is 16.4. The fourth-order valence-electron chi connectivity index (χ4n) is 2.89. The predicted molar refractivity (Wildman–Crippen MR) is 71.0 cm³/mol. The first-order valence-corrected chi connectivity index (χ1v) is 7.05. The molecule has 19 heavy (non-hydrogen) atoms. The number of likely N-dealkylation sites (tertiary alicyclic amines) is 1. The van der Waals surface area contributed by atoms with Gasteiger partial charge in [-0.3, -0.25) is 4.79 Å². The summed E-state index contributed by atoms with van der Waals surface area (Å²) in [4.78, 5) is 26.9. The number of nitrogens with zero attached hydrogens (tertiary/aromatic N) is 2. The number of amides is 2. The van der Waals surface area contributed by atoms with E-state index in [1.807, 2.05) is 11.9 Å². The van der Waals surface area contributed by atoms with Crippen LogP contribution in [0.25, 0.3) is 0 Å². The smallest absolute Gasteiger partial charge is 0.319 e. The molecule has 2 fully saturated rings. The number of carbonyl (C=O) groups is 2. The van der Waals surface area contributed by atoms with Crippen LogP contribution in [0.3, 0.4) is 0 Å². The molecule has 0 saturated carbocycles. The van der Waals surface area contributed by atoms with Crippen LogP contribution in [0.4, 0.5) is 4.79 Å². The Hall–Kier alpha value is -1.30. The quantitative estimate of drug-likeness (QED) is 0.769. The number of urea groups is 1. The topological polar surface area (TPSA) is 72.9 Å². The summed E-state index contributed by atoms with van der Waals surface area (Å²) >= 11 is 0. The number of carboxylic acids is 1. The first-order valence-electron chi connectivity index (χ1n) is 7.05. The number of piperidine rings is 2. The van der Waals surface area contributed by atoms with Gasteiger partial charge >= 0.3 is 12.0 Å². The summed E-state index contributed by atoms with van der Waals surface area (Å²) in [6, 6.07) is 0.363. The van der Waals surface area contributed by atoms with E-state index in [9.17, 15) is 9.59 Å². The molecule has 0 unspecified atom stereocenters. The Morgan fingerprint density at radius 2 is 1.74 bits per heavy atom. The lowest BCUT2D eigenvalue weighted by Gasteiger charge is -2.38. The number of carbonyl (C=O) groups excluding carboxylic acids is 1. The number of hydrogen-bond donors (Lipinski definition) is 2. The first kappa shape index (κ1) is 14.1. The minimum absolute atomic E-state index is 0.0516. The minimum Gasteiger partial charge on any atom is -0.481 e. The fraction of sp³-hybridized carbons (Fsp3) is 0.846. The molecular weight excluding hydrogens is 246 g/mol. The van der Waals surface area contributed by atoms with Crippen LogP contribution in [0.15, 0.2) is 0 Å². The van der Waals surface area contributed by atoms with Crippen molar-refractivity contribution in [3.63, 3.8) is 0 Å². The van der Waals surface area contributed by atoms with Crippen molar-refractivity contribution < 1.29 is 14.7 Å². The first-order chi connectivity index (χ1) is 9.09. The standard InChI is InChI=1S/C13H23N3O3/c1-15(11-2-6-14-7-3-11)13(19)16-8-4-10(5-9-16)12(17)18/h10-11,14H,2-9H2,1H3,(H,17,18). The molecule has 2 heterocycles. The second kappa shape index (κ2) is 6.23. The van der Waals surface area contributed by atoms with Gasteiger partial charge in [-0.25, -0.2) is 4.79 Å². The molecule has 0 radical (unpaired) electrons. The Balaban J connectivity index is 1.84. The second-order valence-electron chi connectivity index (χ2n) is 5.47. The summed E-state index contributed by atoms with van der Waals surface area (Å²) in [5, 5.41) is 12.2. The molecule has 2 rings (SSSR count). The summed E-state index contributed by atoms with van der Waals surface area (Å²) in [5.41, 5.74) is 0. The number of rotatable bonds is 2. The molecule has 0 aromatic heterocycles. The van der Waals surface area contributed by atoms with Crippen molar-refractivity contribution >= 4 is 12.0 Å². The van der Waals surface area contributed by atoms with E-state index in [2.05, 4.69) is 5.32 Å². The molecule has 0 spiro atoms. The van der Waals surface area contributed by atoms with E-state index in [0.29, 0.717) is 32.0 Å². The summed E-state index contributed by atoms with van der Waals surface area (Å²) in [7, 11) is 1.86. The number of carboxylic acid groups (broad SMARTS) is 1. The zero-order chi connectivity index (χ0) is 13.8. The molecule has 6 nitrogen and oxygen atoms in total. The van der Waals surface area contributed by atoms with Crippen LogP contribution >= 0.6 is 0 Å². The zero-order valence-corrected chi connectivity index (χ0v) is 11.5. The molecule has 2 amide bonds. The van der Waals surface area contributed by atoms with Crippen molar-refractivity contribution in [2.75, 3.05) is 33.2 Å². The van der Waals surface area contributed by atoms with Gasteiger partial charge in [0.05, 0.1) is 5.92 Å². The fourth-order valence-corrected chi connectivity index (χ4v) is 2.89. The van der Waals surface area contributed by atoms with Crippen LogP contribution in [-0.2, 0) is 4.79 Å².